The van der Waals surface area contributed by atoms with Crippen molar-refractivity contribution in [3.63, 3.8) is 0 Å². The van der Waals surface area contributed by atoms with Crippen LogP contribution in [0, 0.1) is 6.92 Å². The maximum absolute atomic E-state index is 5.85. The van der Waals surface area contributed by atoms with Crippen LogP contribution in [0.4, 0.5) is 0 Å². The summed E-state index contributed by atoms with van der Waals surface area (Å²) in [4.78, 5) is 0. The highest BCUT2D eigenvalue weighted by Crippen LogP contribution is 2.21. The largest absolute Gasteiger partial charge is 0.489 e. The molecule has 2 rings (SSSR count). The summed E-state index contributed by atoms with van der Waals surface area (Å²) in [6, 6.07) is 13.9. The normalized spacial score (nSPS) is 10.5. The van der Waals surface area contributed by atoms with Gasteiger partial charge < -0.3 is 10.5 Å². The first-order chi connectivity index (χ1) is 9.19. The highest BCUT2D eigenvalue weighted by molar-refractivity contribution is 6.30. The van der Waals surface area contributed by atoms with Crippen molar-refractivity contribution >= 4 is 11.6 Å². The van der Waals surface area contributed by atoms with Crippen LogP contribution in [0.15, 0.2) is 42.5 Å². The lowest BCUT2D eigenvalue weighted by Gasteiger charge is -2.10. The molecule has 0 aliphatic heterocycles. The van der Waals surface area contributed by atoms with E-state index >= 15 is 0 Å². The van der Waals surface area contributed by atoms with Gasteiger partial charge in [-0.25, -0.2) is 0 Å². The molecule has 0 spiro atoms. The number of rotatable bonds is 5. The van der Waals surface area contributed by atoms with Gasteiger partial charge in [0.15, 0.2) is 0 Å². The van der Waals surface area contributed by atoms with Crippen molar-refractivity contribution in [2.75, 3.05) is 6.54 Å². The highest BCUT2D eigenvalue weighted by Gasteiger charge is 2.02. The van der Waals surface area contributed by atoms with Crippen LogP contribution in [0.5, 0.6) is 5.75 Å². The highest BCUT2D eigenvalue weighted by atomic mass is 35.5. The fourth-order valence-electron chi connectivity index (χ4n) is 1.94. The van der Waals surface area contributed by atoms with Crippen LogP contribution in [0.1, 0.15) is 16.7 Å². The summed E-state index contributed by atoms with van der Waals surface area (Å²) in [5.41, 5.74) is 9.05. The molecular weight excluding hydrogens is 258 g/mol. The zero-order valence-electron chi connectivity index (χ0n) is 11.0. The second kappa shape index (κ2) is 6.60. The van der Waals surface area contributed by atoms with Gasteiger partial charge in [-0.1, -0.05) is 35.9 Å². The molecule has 0 aliphatic carbocycles. The van der Waals surface area contributed by atoms with E-state index < -0.39 is 0 Å². The van der Waals surface area contributed by atoms with Gasteiger partial charge in [-0.2, -0.15) is 0 Å². The first kappa shape index (κ1) is 13.9. The third-order valence-corrected chi connectivity index (χ3v) is 3.23. The Morgan fingerprint density at radius 2 is 1.74 bits per heavy atom. The molecule has 0 radical (unpaired) electrons. The van der Waals surface area contributed by atoms with Crippen molar-refractivity contribution in [1.29, 1.82) is 0 Å². The fraction of sp³-hybridized carbons (Fsp3) is 0.250. The Hall–Kier alpha value is -1.51. The summed E-state index contributed by atoms with van der Waals surface area (Å²) < 4.78 is 5.82. The van der Waals surface area contributed by atoms with Gasteiger partial charge in [0.2, 0.25) is 0 Å². The van der Waals surface area contributed by atoms with Crippen molar-refractivity contribution in [1.82, 2.24) is 0 Å². The summed E-state index contributed by atoms with van der Waals surface area (Å²) in [6.45, 7) is 3.27. The zero-order chi connectivity index (χ0) is 13.7. The number of halogens is 1. The lowest BCUT2D eigenvalue weighted by molar-refractivity contribution is 0.304. The Balaban J connectivity index is 2.01. The summed E-state index contributed by atoms with van der Waals surface area (Å²) in [5, 5.41) is 0.742. The number of hydrogen-bond donors (Lipinski definition) is 1. The van der Waals surface area contributed by atoms with Gasteiger partial charge in [-0.3, -0.25) is 0 Å². The molecule has 0 aliphatic rings. The lowest BCUT2D eigenvalue weighted by atomic mass is 10.1. The molecule has 0 saturated heterocycles. The van der Waals surface area contributed by atoms with Gasteiger partial charge in [0, 0.05) is 5.02 Å². The van der Waals surface area contributed by atoms with Crippen LogP contribution in [0.3, 0.4) is 0 Å². The second-order valence-electron chi connectivity index (χ2n) is 4.55. The predicted molar refractivity (Wildman–Crippen MR) is 79.7 cm³/mol. The molecule has 2 nitrogen and oxygen atoms in total. The second-order valence-corrected chi connectivity index (χ2v) is 4.99. The third-order valence-electron chi connectivity index (χ3n) is 2.98. The van der Waals surface area contributed by atoms with E-state index in [9.17, 15) is 0 Å². The van der Waals surface area contributed by atoms with Gasteiger partial charge in [-0.15, -0.1) is 0 Å². The van der Waals surface area contributed by atoms with Crippen molar-refractivity contribution in [3.05, 3.63) is 64.2 Å². The molecule has 0 amide bonds. The molecule has 3 heteroatoms. The number of ether oxygens (including phenoxy) is 1. The summed E-state index contributed by atoms with van der Waals surface area (Å²) >= 11 is 5.85. The van der Waals surface area contributed by atoms with Crippen LogP contribution in [0.2, 0.25) is 5.02 Å². The molecule has 0 aromatic heterocycles. The Labute approximate surface area is 119 Å². The van der Waals surface area contributed by atoms with E-state index in [4.69, 9.17) is 22.1 Å². The molecule has 0 saturated carbocycles. The van der Waals surface area contributed by atoms with Crippen LogP contribution < -0.4 is 10.5 Å². The minimum absolute atomic E-state index is 0.550. The minimum Gasteiger partial charge on any atom is -0.489 e. The molecule has 0 unspecified atom stereocenters. The molecule has 2 aromatic rings. The first-order valence-corrected chi connectivity index (χ1v) is 6.73. The van der Waals surface area contributed by atoms with Gasteiger partial charge in [0.05, 0.1) is 0 Å². The van der Waals surface area contributed by atoms with Gasteiger partial charge in [-0.05, 0) is 54.8 Å². The van der Waals surface area contributed by atoms with Crippen molar-refractivity contribution in [2.24, 2.45) is 5.73 Å². The molecule has 2 aromatic carbocycles. The Morgan fingerprint density at radius 3 is 2.37 bits per heavy atom. The molecule has 0 fully saturated rings. The maximum Gasteiger partial charge on any atom is 0.122 e. The third kappa shape index (κ3) is 3.98. The monoisotopic (exact) mass is 275 g/mol. The Morgan fingerprint density at radius 1 is 1.05 bits per heavy atom. The number of aryl methyl sites for hydroxylation is 1. The van der Waals surface area contributed by atoms with Crippen LogP contribution >= 0.6 is 11.6 Å². The van der Waals surface area contributed by atoms with Crippen molar-refractivity contribution in [3.8, 4) is 5.75 Å². The van der Waals surface area contributed by atoms with Gasteiger partial charge in [0.1, 0.15) is 12.4 Å². The van der Waals surface area contributed by atoms with E-state index in [1.807, 2.05) is 30.3 Å². The van der Waals surface area contributed by atoms with E-state index in [2.05, 4.69) is 19.1 Å². The summed E-state index contributed by atoms with van der Waals surface area (Å²) in [5.74, 6) is 0.913. The number of hydrogen-bond acceptors (Lipinski definition) is 2. The van der Waals surface area contributed by atoms with E-state index in [1.54, 1.807) is 0 Å². The minimum atomic E-state index is 0.550. The number of benzene rings is 2. The number of nitrogens with two attached hydrogens (primary N) is 1. The van der Waals surface area contributed by atoms with E-state index in [1.165, 1.54) is 5.56 Å². The quantitative estimate of drug-likeness (QED) is 0.902. The fourth-order valence-corrected chi connectivity index (χ4v) is 2.06. The van der Waals surface area contributed by atoms with Gasteiger partial charge in [0.25, 0.3) is 0 Å². The average Bonchev–Trinajstić information content (AvgIpc) is 2.40. The van der Waals surface area contributed by atoms with Crippen molar-refractivity contribution < 1.29 is 4.74 Å². The summed E-state index contributed by atoms with van der Waals surface area (Å²) in [6.07, 6.45) is 0.901. The van der Waals surface area contributed by atoms with E-state index in [0.29, 0.717) is 13.2 Å². The molecule has 100 valence electrons. The Kier molecular flexibility index (Phi) is 4.83. The molecule has 0 heterocycles. The predicted octanol–water partition coefficient (Wildman–Crippen LogP) is 3.73. The average molecular weight is 276 g/mol. The Bertz CT molecular complexity index is 537. The van der Waals surface area contributed by atoms with Crippen LogP contribution in [-0.4, -0.2) is 6.54 Å². The molecule has 0 atom stereocenters. The van der Waals surface area contributed by atoms with Gasteiger partial charge >= 0.3 is 0 Å². The molecular formula is C16H18ClNO. The maximum atomic E-state index is 5.85. The van der Waals surface area contributed by atoms with Crippen LogP contribution in [-0.2, 0) is 13.0 Å². The standard InChI is InChI=1S/C16H18ClNO/c1-12-10-13(8-9-18)4-7-16(12)19-11-14-2-5-15(17)6-3-14/h2-7,10H,8-9,11,18H2,1H3. The SMILES string of the molecule is Cc1cc(CCN)ccc1OCc1ccc(Cl)cc1. The first-order valence-electron chi connectivity index (χ1n) is 6.36. The molecule has 2 N–H and O–H groups in total. The van der Waals surface area contributed by atoms with E-state index in [0.717, 1.165) is 28.3 Å². The molecule has 19 heavy (non-hydrogen) atoms. The van der Waals surface area contributed by atoms with Crippen LogP contribution in [0.25, 0.3) is 0 Å². The molecule has 0 bridgehead atoms. The van der Waals surface area contributed by atoms with Crippen molar-refractivity contribution in [2.45, 2.75) is 20.0 Å². The topological polar surface area (TPSA) is 35.2 Å². The van der Waals surface area contributed by atoms with E-state index in [-0.39, 0.29) is 0 Å². The smallest absolute Gasteiger partial charge is 0.122 e. The zero-order valence-corrected chi connectivity index (χ0v) is 11.8. The summed E-state index contributed by atoms with van der Waals surface area (Å²) in [7, 11) is 0. The lowest BCUT2D eigenvalue weighted by Crippen LogP contribution is -2.03.